The van der Waals surface area contributed by atoms with Gasteiger partial charge in [0.2, 0.25) is 5.91 Å². The largest absolute Gasteiger partial charge is 0.339 e. The van der Waals surface area contributed by atoms with Gasteiger partial charge in [0.05, 0.1) is 12.7 Å². The number of piperidine rings is 1. The Morgan fingerprint density at radius 1 is 1.19 bits per heavy atom. The van der Waals surface area contributed by atoms with Crippen LogP contribution < -0.4 is 0 Å². The van der Waals surface area contributed by atoms with Crippen LogP contribution in [-0.2, 0) is 17.9 Å². The molecule has 0 bridgehead atoms. The van der Waals surface area contributed by atoms with E-state index in [9.17, 15) is 4.79 Å². The fraction of sp³-hybridized carbons (Fsp3) is 0.632. The smallest absolute Gasteiger partial charge is 0.236 e. The Morgan fingerprint density at radius 3 is 2.81 bits per heavy atom. The molecule has 2 aromatic rings. The molecule has 0 aromatic carbocycles. The second kappa shape index (κ2) is 8.95. The highest BCUT2D eigenvalue weighted by Crippen LogP contribution is 2.18. The highest BCUT2D eigenvalue weighted by atomic mass is 32.1. The first-order chi connectivity index (χ1) is 13.3. The van der Waals surface area contributed by atoms with E-state index in [4.69, 9.17) is 0 Å². The summed E-state index contributed by atoms with van der Waals surface area (Å²) in [6.07, 6.45) is 5.99. The van der Waals surface area contributed by atoms with Crippen LogP contribution in [0.1, 0.15) is 18.4 Å². The zero-order valence-corrected chi connectivity index (χ0v) is 16.6. The number of nitrogens with zero attached hydrogens (tertiary/aromatic N) is 6. The molecular formula is C19H28N6OS. The summed E-state index contributed by atoms with van der Waals surface area (Å²) in [7, 11) is 0. The average Bonchev–Trinajstić information content (AvgIpc) is 3.37. The van der Waals surface area contributed by atoms with E-state index in [2.05, 4.69) is 36.9 Å². The minimum Gasteiger partial charge on any atom is -0.339 e. The van der Waals surface area contributed by atoms with Gasteiger partial charge in [0.25, 0.3) is 0 Å². The second-order valence-electron chi connectivity index (χ2n) is 7.66. The normalized spacial score (nSPS) is 22.2. The maximum Gasteiger partial charge on any atom is 0.236 e. The summed E-state index contributed by atoms with van der Waals surface area (Å²) in [6.45, 7) is 8.08. The molecule has 0 N–H and O–H groups in total. The van der Waals surface area contributed by atoms with Crippen LogP contribution in [0.25, 0.3) is 0 Å². The predicted molar refractivity (Wildman–Crippen MR) is 105 cm³/mol. The fourth-order valence-corrected chi connectivity index (χ4v) is 4.79. The lowest BCUT2D eigenvalue weighted by Crippen LogP contribution is -2.51. The SMILES string of the molecule is O=C(CN1CCCC(Cn2ccnn2)C1)N1CCN(Cc2ccsc2)CC1. The number of rotatable bonds is 6. The van der Waals surface area contributed by atoms with Crippen LogP contribution in [0.5, 0.6) is 0 Å². The van der Waals surface area contributed by atoms with Crippen molar-refractivity contribution < 1.29 is 4.79 Å². The molecule has 7 nitrogen and oxygen atoms in total. The van der Waals surface area contributed by atoms with Crippen molar-refractivity contribution in [3.63, 3.8) is 0 Å². The van der Waals surface area contributed by atoms with E-state index >= 15 is 0 Å². The molecule has 0 radical (unpaired) electrons. The van der Waals surface area contributed by atoms with Crippen LogP contribution in [0.4, 0.5) is 0 Å². The molecule has 27 heavy (non-hydrogen) atoms. The monoisotopic (exact) mass is 388 g/mol. The lowest BCUT2D eigenvalue weighted by atomic mass is 9.98. The van der Waals surface area contributed by atoms with Gasteiger partial charge in [0.15, 0.2) is 0 Å². The van der Waals surface area contributed by atoms with Crippen LogP contribution in [0.15, 0.2) is 29.2 Å². The maximum atomic E-state index is 12.8. The summed E-state index contributed by atoms with van der Waals surface area (Å²) >= 11 is 1.75. The highest BCUT2D eigenvalue weighted by molar-refractivity contribution is 7.07. The summed E-state index contributed by atoms with van der Waals surface area (Å²) in [6, 6.07) is 2.19. The van der Waals surface area contributed by atoms with Crippen LogP contribution >= 0.6 is 11.3 Å². The van der Waals surface area contributed by atoms with Crippen LogP contribution in [0.2, 0.25) is 0 Å². The third-order valence-corrected chi connectivity index (χ3v) is 6.32. The quantitative estimate of drug-likeness (QED) is 0.749. The van der Waals surface area contributed by atoms with Gasteiger partial charge in [-0.05, 0) is 47.7 Å². The minimum atomic E-state index is 0.284. The Morgan fingerprint density at radius 2 is 2.07 bits per heavy atom. The third kappa shape index (κ3) is 5.15. The molecular weight excluding hydrogens is 360 g/mol. The summed E-state index contributed by atoms with van der Waals surface area (Å²) < 4.78 is 1.91. The number of piperazine rings is 1. The first-order valence-electron chi connectivity index (χ1n) is 9.84. The van der Waals surface area contributed by atoms with Crippen molar-refractivity contribution in [1.82, 2.24) is 29.7 Å². The van der Waals surface area contributed by atoms with Gasteiger partial charge in [-0.2, -0.15) is 11.3 Å². The number of thiophene rings is 1. The van der Waals surface area contributed by atoms with Gasteiger partial charge >= 0.3 is 0 Å². The van der Waals surface area contributed by atoms with E-state index in [-0.39, 0.29) is 5.91 Å². The van der Waals surface area contributed by atoms with Crippen LogP contribution in [0, 0.1) is 5.92 Å². The average molecular weight is 389 g/mol. The van der Waals surface area contributed by atoms with Crippen molar-refractivity contribution >= 4 is 17.2 Å². The van der Waals surface area contributed by atoms with Gasteiger partial charge in [0, 0.05) is 52.0 Å². The van der Waals surface area contributed by atoms with Crippen molar-refractivity contribution in [3.8, 4) is 0 Å². The number of amides is 1. The number of carbonyl (C=O) groups is 1. The molecule has 4 heterocycles. The highest BCUT2D eigenvalue weighted by Gasteiger charge is 2.26. The molecule has 2 aliphatic rings. The Balaban J connectivity index is 1.21. The maximum absolute atomic E-state index is 12.8. The van der Waals surface area contributed by atoms with Gasteiger partial charge < -0.3 is 4.90 Å². The predicted octanol–water partition coefficient (Wildman–Crippen LogP) is 1.40. The van der Waals surface area contributed by atoms with Crippen molar-refractivity contribution in [3.05, 3.63) is 34.8 Å². The Hall–Kier alpha value is -1.77. The van der Waals surface area contributed by atoms with E-state index in [1.54, 1.807) is 17.5 Å². The van der Waals surface area contributed by atoms with Crippen molar-refractivity contribution in [2.75, 3.05) is 45.8 Å². The zero-order chi connectivity index (χ0) is 18.5. The fourth-order valence-electron chi connectivity index (χ4n) is 4.13. The van der Waals surface area contributed by atoms with Gasteiger partial charge in [-0.1, -0.05) is 5.21 Å². The molecule has 2 aliphatic heterocycles. The summed E-state index contributed by atoms with van der Waals surface area (Å²) in [5.41, 5.74) is 1.38. The number of aromatic nitrogens is 3. The number of carbonyl (C=O) groups excluding carboxylic acids is 1. The summed E-state index contributed by atoms with van der Waals surface area (Å²) in [5.74, 6) is 0.835. The number of hydrogen-bond acceptors (Lipinski definition) is 6. The first kappa shape index (κ1) is 18.6. The van der Waals surface area contributed by atoms with Crippen molar-refractivity contribution in [1.29, 1.82) is 0 Å². The molecule has 1 unspecified atom stereocenters. The summed E-state index contributed by atoms with van der Waals surface area (Å²) in [4.78, 5) is 19.6. The number of hydrogen-bond donors (Lipinski definition) is 0. The van der Waals surface area contributed by atoms with Gasteiger partial charge in [-0.25, -0.2) is 0 Å². The van der Waals surface area contributed by atoms with Gasteiger partial charge in [0.1, 0.15) is 0 Å². The molecule has 4 rings (SSSR count). The van der Waals surface area contributed by atoms with Crippen LogP contribution in [0.3, 0.4) is 0 Å². The molecule has 146 valence electrons. The molecule has 1 atom stereocenters. The zero-order valence-electron chi connectivity index (χ0n) is 15.7. The van der Waals surface area contributed by atoms with Crippen molar-refractivity contribution in [2.45, 2.75) is 25.9 Å². The summed E-state index contributed by atoms with van der Waals surface area (Å²) in [5, 5.41) is 12.3. The molecule has 2 saturated heterocycles. The van der Waals surface area contributed by atoms with E-state index in [1.807, 2.05) is 15.8 Å². The van der Waals surface area contributed by atoms with Crippen LogP contribution in [-0.4, -0.2) is 81.4 Å². The standard InChI is InChI=1S/C19H28N6OS/c26-19(24-9-7-22(8-10-24)13-18-3-11-27-16-18)15-23-5-1-2-17(12-23)14-25-6-4-20-21-25/h3-4,6,11,16-17H,1-2,5,7-10,12-15H2. The molecule has 8 heteroatoms. The van der Waals surface area contributed by atoms with E-state index < -0.39 is 0 Å². The topological polar surface area (TPSA) is 57.5 Å². The molecule has 1 amide bonds. The molecule has 0 spiro atoms. The third-order valence-electron chi connectivity index (χ3n) is 5.59. The lowest BCUT2D eigenvalue weighted by Gasteiger charge is -2.37. The second-order valence-corrected chi connectivity index (χ2v) is 8.44. The lowest BCUT2D eigenvalue weighted by molar-refractivity contribution is -0.134. The van der Waals surface area contributed by atoms with E-state index in [0.717, 1.165) is 58.8 Å². The van der Waals surface area contributed by atoms with E-state index in [0.29, 0.717) is 12.5 Å². The molecule has 0 aliphatic carbocycles. The number of likely N-dealkylation sites (tertiary alicyclic amines) is 1. The van der Waals surface area contributed by atoms with Gasteiger partial charge in [-0.15, -0.1) is 5.10 Å². The Kier molecular flexibility index (Phi) is 6.16. The van der Waals surface area contributed by atoms with Crippen molar-refractivity contribution in [2.24, 2.45) is 5.92 Å². The van der Waals surface area contributed by atoms with Gasteiger partial charge in [-0.3, -0.25) is 19.3 Å². The molecule has 0 saturated carbocycles. The Bertz CT molecular complexity index is 696. The Labute approximate surface area is 164 Å². The molecule has 2 fully saturated rings. The minimum absolute atomic E-state index is 0.284. The first-order valence-corrected chi connectivity index (χ1v) is 10.8. The molecule has 2 aromatic heterocycles. The van der Waals surface area contributed by atoms with E-state index in [1.165, 1.54) is 12.0 Å².